The summed E-state index contributed by atoms with van der Waals surface area (Å²) < 4.78 is 3.67. The lowest BCUT2D eigenvalue weighted by atomic mass is 10.1. The molecule has 2 N–H and O–H groups in total. The molecule has 0 fully saturated rings. The normalized spacial score (nSPS) is 15.6. The first-order valence-electron chi connectivity index (χ1n) is 7.87. The zero-order valence-corrected chi connectivity index (χ0v) is 13.2. The first-order chi connectivity index (χ1) is 11.1. The van der Waals surface area contributed by atoms with Crippen LogP contribution in [0.5, 0.6) is 0 Å². The molecule has 0 spiro atoms. The second-order valence-electron chi connectivity index (χ2n) is 6.03. The van der Waals surface area contributed by atoms with Gasteiger partial charge in [-0.15, -0.1) is 0 Å². The zero-order chi connectivity index (χ0) is 16.0. The van der Waals surface area contributed by atoms with Crippen molar-refractivity contribution in [1.82, 2.24) is 29.5 Å². The maximum Gasteiger partial charge on any atom is 0.263 e. The van der Waals surface area contributed by atoms with Gasteiger partial charge in [-0.2, -0.15) is 15.2 Å². The van der Waals surface area contributed by atoms with Crippen LogP contribution >= 0.6 is 0 Å². The lowest BCUT2D eigenvalue weighted by molar-refractivity contribution is 0.482. The van der Waals surface area contributed by atoms with Crippen LogP contribution in [0, 0.1) is 0 Å². The molecule has 3 aromatic heterocycles. The Kier molecular flexibility index (Phi) is 3.17. The molecule has 23 heavy (non-hydrogen) atoms. The van der Waals surface area contributed by atoms with E-state index in [4.69, 9.17) is 0 Å². The SMILES string of the molecule is CC(Nc1nc2c(cnn2C)c(=O)[nH]1)c1cc2n(n1)CCCC2. The molecule has 0 amide bonds. The van der Waals surface area contributed by atoms with E-state index >= 15 is 0 Å². The van der Waals surface area contributed by atoms with Crippen molar-refractivity contribution in [2.75, 3.05) is 5.32 Å². The Balaban J connectivity index is 1.63. The van der Waals surface area contributed by atoms with Gasteiger partial charge in [0, 0.05) is 19.3 Å². The monoisotopic (exact) mass is 313 g/mol. The van der Waals surface area contributed by atoms with E-state index in [0.29, 0.717) is 17.0 Å². The molecule has 0 aromatic carbocycles. The molecule has 0 aliphatic carbocycles. The number of aromatic nitrogens is 6. The molecule has 1 aliphatic rings. The quantitative estimate of drug-likeness (QED) is 0.761. The minimum Gasteiger partial charge on any atom is -0.348 e. The number of hydrogen-bond acceptors (Lipinski definition) is 5. The first kappa shape index (κ1) is 14.0. The van der Waals surface area contributed by atoms with Gasteiger partial charge in [-0.3, -0.25) is 19.1 Å². The van der Waals surface area contributed by atoms with Crippen molar-refractivity contribution in [3.05, 3.63) is 34.0 Å². The predicted octanol–water partition coefficient (Wildman–Crippen LogP) is 1.36. The minimum atomic E-state index is -0.193. The van der Waals surface area contributed by atoms with Crippen molar-refractivity contribution >= 4 is 17.0 Å². The van der Waals surface area contributed by atoms with Gasteiger partial charge < -0.3 is 5.32 Å². The van der Waals surface area contributed by atoms with Crippen LogP contribution in [0.1, 0.15) is 37.2 Å². The highest BCUT2D eigenvalue weighted by atomic mass is 16.1. The van der Waals surface area contributed by atoms with Crippen molar-refractivity contribution in [1.29, 1.82) is 0 Å². The molecule has 1 aliphatic heterocycles. The average molecular weight is 313 g/mol. The number of anilines is 1. The van der Waals surface area contributed by atoms with Gasteiger partial charge in [-0.25, -0.2) is 0 Å². The fraction of sp³-hybridized carbons (Fsp3) is 0.467. The number of nitrogens with zero attached hydrogens (tertiary/aromatic N) is 5. The third kappa shape index (κ3) is 2.39. The minimum absolute atomic E-state index is 0.0399. The molecule has 8 nitrogen and oxygen atoms in total. The van der Waals surface area contributed by atoms with Gasteiger partial charge in [0.1, 0.15) is 5.39 Å². The summed E-state index contributed by atoms with van der Waals surface area (Å²) in [5.41, 5.74) is 2.62. The van der Waals surface area contributed by atoms with E-state index < -0.39 is 0 Å². The summed E-state index contributed by atoms with van der Waals surface area (Å²) in [4.78, 5) is 19.3. The number of nitrogens with one attached hydrogen (secondary N) is 2. The van der Waals surface area contributed by atoms with E-state index in [2.05, 4.69) is 36.2 Å². The number of aromatic amines is 1. The first-order valence-corrected chi connectivity index (χ1v) is 7.87. The standard InChI is InChI=1S/C15H19N7O/c1-9(12-7-10-5-3-4-6-22(10)20-12)17-15-18-13-11(14(23)19-15)8-16-21(13)2/h7-9H,3-6H2,1-2H3,(H2,17,18,19,23). The third-order valence-corrected chi connectivity index (χ3v) is 4.33. The van der Waals surface area contributed by atoms with Gasteiger partial charge in [0.2, 0.25) is 5.95 Å². The summed E-state index contributed by atoms with van der Waals surface area (Å²) in [7, 11) is 1.77. The molecule has 0 saturated carbocycles. The summed E-state index contributed by atoms with van der Waals surface area (Å²) in [5, 5.41) is 12.4. The third-order valence-electron chi connectivity index (χ3n) is 4.33. The van der Waals surface area contributed by atoms with Gasteiger partial charge in [0.05, 0.1) is 17.9 Å². The van der Waals surface area contributed by atoms with Gasteiger partial charge >= 0.3 is 0 Å². The summed E-state index contributed by atoms with van der Waals surface area (Å²) >= 11 is 0. The van der Waals surface area contributed by atoms with Crippen LogP contribution in [-0.4, -0.2) is 29.5 Å². The Hall–Kier alpha value is -2.64. The van der Waals surface area contributed by atoms with E-state index in [1.165, 1.54) is 24.7 Å². The molecular weight excluding hydrogens is 294 g/mol. The maximum atomic E-state index is 12.1. The molecule has 120 valence electrons. The van der Waals surface area contributed by atoms with Gasteiger partial charge in [-0.05, 0) is 32.3 Å². The highest BCUT2D eigenvalue weighted by Crippen LogP contribution is 2.21. The van der Waals surface area contributed by atoms with Crippen molar-refractivity contribution < 1.29 is 0 Å². The van der Waals surface area contributed by atoms with Crippen LogP contribution in [0.25, 0.3) is 11.0 Å². The second kappa shape index (κ2) is 5.22. The molecule has 8 heteroatoms. The summed E-state index contributed by atoms with van der Waals surface area (Å²) in [6, 6.07) is 2.10. The average Bonchev–Trinajstić information content (AvgIpc) is 3.12. The molecule has 1 unspecified atom stereocenters. The van der Waals surface area contributed by atoms with E-state index in [1.54, 1.807) is 11.7 Å². The van der Waals surface area contributed by atoms with Gasteiger partial charge in [0.25, 0.3) is 5.56 Å². The molecule has 1 atom stereocenters. The summed E-state index contributed by atoms with van der Waals surface area (Å²) in [6.07, 6.45) is 5.01. The van der Waals surface area contributed by atoms with Crippen molar-refractivity contribution in [2.24, 2.45) is 7.05 Å². The van der Waals surface area contributed by atoms with Crippen LogP contribution in [0.4, 0.5) is 5.95 Å². The van der Waals surface area contributed by atoms with Crippen molar-refractivity contribution in [3.8, 4) is 0 Å². The molecule has 0 radical (unpaired) electrons. The Labute approximate surface area is 132 Å². The zero-order valence-electron chi connectivity index (χ0n) is 13.2. The summed E-state index contributed by atoms with van der Waals surface area (Å²) in [6.45, 7) is 3.00. The maximum absolute atomic E-state index is 12.1. The highest BCUT2D eigenvalue weighted by molar-refractivity contribution is 5.74. The number of H-pyrrole nitrogens is 1. The highest BCUT2D eigenvalue weighted by Gasteiger charge is 2.17. The molecule has 0 bridgehead atoms. The number of aryl methyl sites for hydroxylation is 3. The molecular formula is C15H19N7O. The largest absolute Gasteiger partial charge is 0.348 e. The van der Waals surface area contributed by atoms with E-state index in [9.17, 15) is 4.79 Å². The van der Waals surface area contributed by atoms with Crippen molar-refractivity contribution in [2.45, 2.75) is 38.8 Å². The Morgan fingerprint density at radius 1 is 1.39 bits per heavy atom. The van der Waals surface area contributed by atoms with Crippen molar-refractivity contribution in [3.63, 3.8) is 0 Å². The Bertz CT molecular complexity index is 896. The van der Waals surface area contributed by atoms with Gasteiger partial charge in [-0.1, -0.05) is 0 Å². The Morgan fingerprint density at radius 2 is 2.26 bits per heavy atom. The summed E-state index contributed by atoms with van der Waals surface area (Å²) in [5.74, 6) is 0.435. The fourth-order valence-corrected chi connectivity index (χ4v) is 3.03. The van der Waals surface area contributed by atoms with Crippen LogP contribution in [0.2, 0.25) is 0 Å². The van der Waals surface area contributed by atoms with E-state index in [-0.39, 0.29) is 11.6 Å². The fourth-order valence-electron chi connectivity index (χ4n) is 3.03. The number of hydrogen-bond donors (Lipinski definition) is 2. The number of fused-ring (bicyclic) bond motifs is 2. The molecule has 3 aromatic rings. The van der Waals surface area contributed by atoms with Gasteiger partial charge in [0.15, 0.2) is 5.65 Å². The topological polar surface area (TPSA) is 93.4 Å². The smallest absolute Gasteiger partial charge is 0.263 e. The lowest BCUT2D eigenvalue weighted by Gasteiger charge is -2.12. The second-order valence-corrected chi connectivity index (χ2v) is 6.03. The molecule has 4 heterocycles. The van der Waals surface area contributed by atoms with E-state index in [0.717, 1.165) is 18.7 Å². The van der Waals surface area contributed by atoms with Crippen LogP contribution in [-0.2, 0) is 20.0 Å². The Morgan fingerprint density at radius 3 is 3.09 bits per heavy atom. The van der Waals surface area contributed by atoms with Crippen LogP contribution in [0.3, 0.4) is 0 Å². The predicted molar refractivity (Wildman–Crippen MR) is 86.3 cm³/mol. The molecule has 4 rings (SSSR count). The van der Waals surface area contributed by atoms with Crippen LogP contribution < -0.4 is 10.9 Å². The lowest BCUT2D eigenvalue weighted by Crippen LogP contribution is -2.16. The van der Waals surface area contributed by atoms with Crippen LogP contribution in [0.15, 0.2) is 17.1 Å². The van der Waals surface area contributed by atoms with E-state index in [1.807, 2.05) is 6.92 Å². The number of rotatable bonds is 3. The molecule has 0 saturated heterocycles.